The van der Waals surface area contributed by atoms with Crippen LogP contribution in [0.25, 0.3) is 10.9 Å². The maximum atomic E-state index is 6.08. The molecule has 1 aromatic heterocycles. The number of nitrogens with two attached hydrogens (primary N) is 1. The van der Waals surface area contributed by atoms with Crippen molar-refractivity contribution in [3.63, 3.8) is 0 Å². The summed E-state index contributed by atoms with van der Waals surface area (Å²) in [5.74, 6) is 0. The molecule has 4 heteroatoms. The van der Waals surface area contributed by atoms with Crippen LogP contribution < -0.4 is 5.73 Å². The standard InChI is InChI=1S/C10H12ClN3/c1-14-10-7(3-2-4-8(10)11)9(13-14)5-6-12/h2-4H,5-6,12H2,1H3. The molecule has 0 aliphatic carbocycles. The molecule has 0 aliphatic rings. The number of para-hydroxylation sites is 1. The maximum Gasteiger partial charge on any atom is 0.0868 e. The average Bonchev–Trinajstić information content (AvgIpc) is 2.46. The van der Waals surface area contributed by atoms with Crippen LogP contribution in [0.1, 0.15) is 5.69 Å². The van der Waals surface area contributed by atoms with E-state index in [4.69, 9.17) is 17.3 Å². The van der Waals surface area contributed by atoms with Gasteiger partial charge in [-0.1, -0.05) is 23.7 Å². The molecule has 1 aromatic carbocycles. The number of benzene rings is 1. The second-order valence-corrected chi connectivity index (χ2v) is 3.65. The van der Waals surface area contributed by atoms with Gasteiger partial charge in [0.2, 0.25) is 0 Å². The van der Waals surface area contributed by atoms with E-state index < -0.39 is 0 Å². The molecule has 1 heterocycles. The summed E-state index contributed by atoms with van der Waals surface area (Å²) in [6, 6.07) is 5.84. The van der Waals surface area contributed by atoms with E-state index in [1.54, 1.807) is 0 Å². The molecule has 0 fully saturated rings. The van der Waals surface area contributed by atoms with E-state index in [1.165, 1.54) is 0 Å². The van der Waals surface area contributed by atoms with Gasteiger partial charge in [0.1, 0.15) is 0 Å². The van der Waals surface area contributed by atoms with Crippen molar-refractivity contribution in [2.24, 2.45) is 12.8 Å². The van der Waals surface area contributed by atoms with E-state index in [0.717, 1.165) is 28.0 Å². The normalized spacial score (nSPS) is 11.1. The number of aryl methyl sites for hydroxylation is 1. The first-order valence-corrected chi connectivity index (χ1v) is 4.92. The minimum absolute atomic E-state index is 0.610. The van der Waals surface area contributed by atoms with Gasteiger partial charge in [0.15, 0.2) is 0 Å². The highest BCUT2D eigenvalue weighted by Crippen LogP contribution is 2.25. The largest absolute Gasteiger partial charge is 0.330 e. The lowest BCUT2D eigenvalue weighted by atomic mass is 10.2. The fraction of sp³-hybridized carbons (Fsp3) is 0.300. The van der Waals surface area contributed by atoms with Gasteiger partial charge in [-0.2, -0.15) is 5.10 Å². The van der Waals surface area contributed by atoms with Gasteiger partial charge in [0.25, 0.3) is 0 Å². The van der Waals surface area contributed by atoms with E-state index >= 15 is 0 Å². The number of hydrogen-bond acceptors (Lipinski definition) is 2. The zero-order valence-corrected chi connectivity index (χ0v) is 8.75. The van der Waals surface area contributed by atoms with E-state index in [-0.39, 0.29) is 0 Å². The highest BCUT2D eigenvalue weighted by Gasteiger charge is 2.09. The Hall–Kier alpha value is -1.06. The van der Waals surface area contributed by atoms with Crippen LogP contribution in [0.2, 0.25) is 5.02 Å². The monoisotopic (exact) mass is 209 g/mol. The molecule has 74 valence electrons. The summed E-state index contributed by atoms with van der Waals surface area (Å²) in [6.45, 7) is 0.610. The van der Waals surface area contributed by atoms with Crippen molar-refractivity contribution >= 4 is 22.5 Å². The SMILES string of the molecule is Cn1nc(CCN)c2cccc(Cl)c21. The van der Waals surface area contributed by atoms with Crippen molar-refractivity contribution in [1.82, 2.24) is 9.78 Å². The van der Waals surface area contributed by atoms with Crippen LogP contribution in [-0.4, -0.2) is 16.3 Å². The molecule has 0 bridgehead atoms. The second kappa shape index (κ2) is 3.59. The second-order valence-electron chi connectivity index (χ2n) is 3.24. The fourth-order valence-corrected chi connectivity index (χ4v) is 1.98. The molecule has 2 rings (SSSR count). The molecule has 0 aliphatic heterocycles. The molecule has 0 radical (unpaired) electrons. The minimum Gasteiger partial charge on any atom is -0.330 e. The van der Waals surface area contributed by atoms with Gasteiger partial charge in [0.05, 0.1) is 16.2 Å². The first-order chi connectivity index (χ1) is 6.74. The molecule has 3 nitrogen and oxygen atoms in total. The van der Waals surface area contributed by atoms with Crippen molar-refractivity contribution < 1.29 is 0 Å². The molecular formula is C10H12ClN3. The van der Waals surface area contributed by atoms with Crippen LogP contribution in [0.3, 0.4) is 0 Å². The highest BCUT2D eigenvalue weighted by molar-refractivity contribution is 6.35. The summed E-state index contributed by atoms with van der Waals surface area (Å²) in [5.41, 5.74) is 7.52. The zero-order valence-electron chi connectivity index (χ0n) is 8.00. The number of hydrogen-bond donors (Lipinski definition) is 1. The topological polar surface area (TPSA) is 43.8 Å². The summed E-state index contributed by atoms with van der Waals surface area (Å²) in [6.07, 6.45) is 0.789. The molecule has 0 saturated heterocycles. The van der Waals surface area contributed by atoms with E-state index in [2.05, 4.69) is 5.10 Å². The zero-order chi connectivity index (χ0) is 10.1. The van der Waals surface area contributed by atoms with Crippen molar-refractivity contribution in [1.29, 1.82) is 0 Å². The van der Waals surface area contributed by atoms with E-state index in [1.807, 2.05) is 29.9 Å². The lowest BCUT2D eigenvalue weighted by Gasteiger charge is -1.95. The van der Waals surface area contributed by atoms with E-state index in [9.17, 15) is 0 Å². The molecule has 0 saturated carbocycles. The summed E-state index contributed by atoms with van der Waals surface area (Å²) >= 11 is 6.08. The third kappa shape index (κ3) is 1.38. The van der Waals surface area contributed by atoms with Gasteiger partial charge >= 0.3 is 0 Å². The fourth-order valence-electron chi connectivity index (χ4n) is 1.68. The van der Waals surface area contributed by atoms with Crippen LogP contribution in [-0.2, 0) is 13.5 Å². The molecule has 0 spiro atoms. The first-order valence-electron chi connectivity index (χ1n) is 4.54. The predicted molar refractivity (Wildman–Crippen MR) is 58.5 cm³/mol. The maximum absolute atomic E-state index is 6.08. The molecular weight excluding hydrogens is 198 g/mol. The van der Waals surface area contributed by atoms with Gasteiger partial charge < -0.3 is 5.73 Å². The van der Waals surface area contributed by atoms with Crippen LogP contribution in [0.15, 0.2) is 18.2 Å². The van der Waals surface area contributed by atoms with Gasteiger partial charge in [-0.05, 0) is 12.6 Å². The summed E-state index contributed by atoms with van der Waals surface area (Å²) < 4.78 is 1.81. The average molecular weight is 210 g/mol. The Kier molecular flexibility index (Phi) is 2.44. The highest BCUT2D eigenvalue weighted by atomic mass is 35.5. The van der Waals surface area contributed by atoms with Crippen LogP contribution in [0, 0.1) is 0 Å². The predicted octanol–water partition coefficient (Wildman–Crippen LogP) is 1.73. The molecule has 14 heavy (non-hydrogen) atoms. The minimum atomic E-state index is 0.610. The Labute approximate surface area is 87.5 Å². The summed E-state index contributed by atoms with van der Waals surface area (Å²) in [7, 11) is 1.90. The molecule has 0 unspecified atom stereocenters. The summed E-state index contributed by atoms with van der Waals surface area (Å²) in [5, 5.41) is 6.23. The smallest absolute Gasteiger partial charge is 0.0868 e. The van der Waals surface area contributed by atoms with Gasteiger partial charge in [-0.15, -0.1) is 0 Å². The van der Waals surface area contributed by atoms with Crippen LogP contribution in [0.5, 0.6) is 0 Å². The Balaban J connectivity index is 2.71. The lowest BCUT2D eigenvalue weighted by molar-refractivity contribution is 0.761. The van der Waals surface area contributed by atoms with Crippen molar-refractivity contribution in [3.8, 4) is 0 Å². The molecule has 0 atom stereocenters. The van der Waals surface area contributed by atoms with Gasteiger partial charge in [-0.3, -0.25) is 4.68 Å². The number of fused-ring (bicyclic) bond motifs is 1. The van der Waals surface area contributed by atoms with Crippen molar-refractivity contribution in [3.05, 3.63) is 28.9 Å². The number of nitrogens with zero attached hydrogens (tertiary/aromatic N) is 2. The Bertz CT molecular complexity index is 462. The van der Waals surface area contributed by atoms with Crippen molar-refractivity contribution in [2.75, 3.05) is 6.54 Å². The quantitative estimate of drug-likeness (QED) is 0.819. The summed E-state index contributed by atoms with van der Waals surface area (Å²) in [4.78, 5) is 0. The van der Waals surface area contributed by atoms with Gasteiger partial charge in [-0.25, -0.2) is 0 Å². The molecule has 2 aromatic rings. The third-order valence-corrected chi connectivity index (χ3v) is 2.58. The van der Waals surface area contributed by atoms with E-state index in [0.29, 0.717) is 6.54 Å². The Morgan fingerprint density at radius 2 is 2.29 bits per heavy atom. The Morgan fingerprint density at radius 3 is 3.00 bits per heavy atom. The Morgan fingerprint density at radius 1 is 1.50 bits per heavy atom. The van der Waals surface area contributed by atoms with Crippen LogP contribution in [0.4, 0.5) is 0 Å². The van der Waals surface area contributed by atoms with Crippen molar-refractivity contribution in [2.45, 2.75) is 6.42 Å². The van der Waals surface area contributed by atoms with Crippen LogP contribution >= 0.6 is 11.6 Å². The number of halogens is 1. The third-order valence-electron chi connectivity index (χ3n) is 2.27. The molecule has 2 N–H and O–H groups in total. The number of rotatable bonds is 2. The number of aromatic nitrogens is 2. The lowest BCUT2D eigenvalue weighted by Crippen LogP contribution is -2.03. The molecule has 0 amide bonds. The first kappa shape index (κ1) is 9.49. The van der Waals surface area contributed by atoms with Gasteiger partial charge in [0, 0.05) is 18.9 Å².